The second-order valence-corrected chi connectivity index (χ2v) is 7.90. The smallest absolute Gasteiger partial charge is 0.0611 e. The van der Waals surface area contributed by atoms with E-state index in [0.29, 0.717) is 11.3 Å². The Morgan fingerprint density at radius 1 is 1.25 bits per heavy atom. The highest BCUT2D eigenvalue weighted by Gasteiger charge is 2.26. The molecule has 0 heterocycles. The summed E-state index contributed by atoms with van der Waals surface area (Å²) in [5.74, 6) is 0. The summed E-state index contributed by atoms with van der Waals surface area (Å²) in [6.45, 7) is 13.0. The third kappa shape index (κ3) is 5.47. The van der Waals surface area contributed by atoms with E-state index in [2.05, 4.69) is 65.1 Å². The van der Waals surface area contributed by atoms with Gasteiger partial charge < -0.3 is 10.4 Å². The number of rotatable bonds is 7. The predicted molar refractivity (Wildman–Crippen MR) is 89.6 cm³/mol. The van der Waals surface area contributed by atoms with Crippen molar-refractivity contribution in [1.29, 1.82) is 0 Å². The molecule has 1 rings (SSSR count). The highest BCUT2D eigenvalue weighted by Crippen LogP contribution is 2.31. The van der Waals surface area contributed by atoms with Gasteiger partial charge in [0.05, 0.1) is 6.61 Å². The second kappa shape index (κ2) is 7.48. The van der Waals surface area contributed by atoms with Crippen LogP contribution in [0.4, 0.5) is 0 Å². The standard InChI is InChI=1S/C17H29NOS/c1-12(2)18-17(6,11-19)10-15(5)20-16-9-13(3)7-8-14(16)4/h7-9,12,15,18-19H,10-11H2,1-6H3. The quantitative estimate of drug-likeness (QED) is 0.748. The van der Waals surface area contributed by atoms with Gasteiger partial charge in [-0.3, -0.25) is 0 Å². The molecule has 1 aromatic carbocycles. The van der Waals surface area contributed by atoms with Crippen LogP contribution in [0.15, 0.2) is 23.1 Å². The van der Waals surface area contributed by atoms with Gasteiger partial charge in [0.2, 0.25) is 0 Å². The number of hydrogen-bond acceptors (Lipinski definition) is 3. The van der Waals surface area contributed by atoms with E-state index in [1.807, 2.05) is 11.8 Å². The molecule has 0 saturated carbocycles. The molecular weight excluding hydrogens is 266 g/mol. The van der Waals surface area contributed by atoms with Crippen LogP contribution < -0.4 is 5.32 Å². The van der Waals surface area contributed by atoms with Crippen LogP contribution in [-0.4, -0.2) is 28.5 Å². The van der Waals surface area contributed by atoms with E-state index >= 15 is 0 Å². The molecule has 2 unspecified atom stereocenters. The van der Waals surface area contributed by atoms with Crippen molar-refractivity contribution in [2.75, 3.05) is 6.61 Å². The van der Waals surface area contributed by atoms with Crippen LogP contribution in [0.3, 0.4) is 0 Å². The highest BCUT2D eigenvalue weighted by molar-refractivity contribution is 8.00. The Hall–Kier alpha value is -0.510. The fourth-order valence-electron chi connectivity index (χ4n) is 2.59. The third-order valence-electron chi connectivity index (χ3n) is 3.40. The zero-order chi connectivity index (χ0) is 15.3. The number of thioether (sulfide) groups is 1. The van der Waals surface area contributed by atoms with Gasteiger partial charge in [-0.15, -0.1) is 11.8 Å². The third-order valence-corrected chi connectivity index (χ3v) is 4.66. The van der Waals surface area contributed by atoms with Gasteiger partial charge in [-0.25, -0.2) is 0 Å². The molecule has 0 amide bonds. The van der Waals surface area contributed by atoms with Crippen molar-refractivity contribution < 1.29 is 5.11 Å². The molecule has 1 aromatic rings. The molecule has 3 heteroatoms. The Bertz CT molecular complexity index is 433. The van der Waals surface area contributed by atoms with E-state index in [1.54, 1.807) is 0 Å². The average Bonchev–Trinajstić information content (AvgIpc) is 2.32. The van der Waals surface area contributed by atoms with Crippen molar-refractivity contribution in [1.82, 2.24) is 5.32 Å². The molecule has 114 valence electrons. The van der Waals surface area contributed by atoms with Gasteiger partial charge in [0.25, 0.3) is 0 Å². The van der Waals surface area contributed by atoms with Gasteiger partial charge in [-0.1, -0.05) is 38.5 Å². The van der Waals surface area contributed by atoms with E-state index in [1.165, 1.54) is 16.0 Å². The fraction of sp³-hybridized carbons (Fsp3) is 0.647. The fourth-order valence-corrected chi connectivity index (χ4v) is 3.99. The molecule has 0 spiro atoms. The average molecular weight is 295 g/mol. The summed E-state index contributed by atoms with van der Waals surface area (Å²) in [7, 11) is 0. The van der Waals surface area contributed by atoms with Crippen molar-refractivity contribution in [2.24, 2.45) is 0 Å². The SMILES string of the molecule is Cc1ccc(C)c(SC(C)CC(C)(CO)NC(C)C)c1. The number of aryl methyl sites for hydroxylation is 2. The number of benzene rings is 1. The first-order chi connectivity index (χ1) is 9.25. The van der Waals surface area contributed by atoms with E-state index in [0.717, 1.165) is 6.42 Å². The van der Waals surface area contributed by atoms with Gasteiger partial charge in [-0.2, -0.15) is 0 Å². The summed E-state index contributed by atoms with van der Waals surface area (Å²) < 4.78 is 0. The molecule has 0 fully saturated rings. The van der Waals surface area contributed by atoms with E-state index < -0.39 is 0 Å². The lowest BCUT2D eigenvalue weighted by molar-refractivity contribution is 0.157. The van der Waals surface area contributed by atoms with Crippen LogP contribution in [0.5, 0.6) is 0 Å². The van der Waals surface area contributed by atoms with Gasteiger partial charge in [0, 0.05) is 21.7 Å². The van der Waals surface area contributed by atoms with Gasteiger partial charge in [0.1, 0.15) is 0 Å². The summed E-state index contributed by atoms with van der Waals surface area (Å²) in [5.41, 5.74) is 2.42. The molecule has 0 radical (unpaired) electrons. The van der Waals surface area contributed by atoms with E-state index in [-0.39, 0.29) is 12.1 Å². The highest BCUT2D eigenvalue weighted by atomic mass is 32.2. The molecule has 0 aliphatic heterocycles. The van der Waals surface area contributed by atoms with Crippen LogP contribution in [0.2, 0.25) is 0 Å². The summed E-state index contributed by atoms with van der Waals surface area (Å²) in [6.07, 6.45) is 0.944. The Kier molecular flexibility index (Phi) is 6.56. The molecule has 0 aliphatic carbocycles. The van der Waals surface area contributed by atoms with Crippen LogP contribution in [0, 0.1) is 13.8 Å². The Balaban J connectivity index is 2.70. The van der Waals surface area contributed by atoms with Crippen molar-refractivity contribution in [2.45, 2.75) is 69.7 Å². The first-order valence-electron chi connectivity index (χ1n) is 7.38. The zero-order valence-electron chi connectivity index (χ0n) is 13.7. The normalized spacial score (nSPS) is 16.2. The molecule has 20 heavy (non-hydrogen) atoms. The lowest BCUT2D eigenvalue weighted by Crippen LogP contribution is -2.50. The van der Waals surface area contributed by atoms with E-state index in [9.17, 15) is 5.11 Å². The predicted octanol–water partition coefficient (Wildman–Crippen LogP) is 3.92. The first-order valence-corrected chi connectivity index (χ1v) is 8.26. The molecule has 2 N–H and O–H groups in total. The summed E-state index contributed by atoms with van der Waals surface area (Å²) >= 11 is 1.90. The number of aliphatic hydroxyl groups excluding tert-OH is 1. The van der Waals surface area contributed by atoms with Crippen LogP contribution >= 0.6 is 11.8 Å². The lowest BCUT2D eigenvalue weighted by Gasteiger charge is -2.33. The van der Waals surface area contributed by atoms with Gasteiger partial charge in [-0.05, 0) is 38.8 Å². The minimum Gasteiger partial charge on any atom is -0.394 e. The van der Waals surface area contributed by atoms with Crippen LogP contribution in [0.25, 0.3) is 0 Å². The van der Waals surface area contributed by atoms with Crippen LogP contribution in [0.1, 0.15) is 45.2 Å². The van der Waals surface area contributed by atoms with Crippen LogP contribution in [-0.2, 0) is 0 Å². The van der Waals surface area contributed by atoms with Crippen molar-refractivity contribution >= 4 is 11.8 Å². The van der Waals surface area contributed by atoms with Crippen molar-refractivity contribution in [3.63, 3.8) is 0 Å². The zero-order valence-corrected chi connectivity index (χ0v) is 14.5. The number of aliphatic hydroxyl groups is 1. The van der Waals surface area contributed by atoms with Gasteiger partial charge in [0.15, 0.2) is 0 Å². The topological polar surface area (TPSA) is 32.3 Å². The minimum atomic E-state index is -0.210. The number of hydrogen-bond donors (Lipinski definition) is 2. The van der Waals surface area contributed by atoms with E-state index in [4.69, 9.17) is 0 Å². The maximum Gasteiger partial charge on any atom is 0.0611 e. The molecule has 2 atom stereocenters. The molecule has 0 aliphatic rings. The molecular formula is C17H29NOS. The van der Waals surface area contributed by atoms with Crippen molar-refractivity contribution in [3.8, 4) is 0 Å². The molecule has 0 saturated heterocycles. The molecule has 0 bridgehead atoms. The Labute approximate surface area is 128 Å². The molecule has 0 aromatic heterocycles. The minimum absolute atomic E-state index is 0.170. The monoisotopic (exact) mass is 295 g/mol. The maximum atomic E-state index is 9.68. The lowest BCUT2D eigenvalue weighted by atomic mass is 9.96. The Morgan fingerprint density at radius 2 is 1.90 bits per heavy atom. The number of nitrogens with one attached hydrogen (secondary N) is 1. The summed E-state index contributed by atoms with van der Waals surface area (Å²) in [5, 5.41) is 13.6. The Morgan fingerprint density at radius 3 is 2.45 bits per heavy atom. The molecule has 2 nitrogen and oxygen atoms in total. The van der Waals surface area contributed by atoms with Gasteiger partial charge >= 0.3 is 0 Å². The largest absolute Gasteiger partial charge is 0.394 e. The summed E-state index contributed by atoms with van der Waals surface area (Å²) in [6, 6.07) is 6.97. The maximum absolute atomic E-state index is 9.68. The van der Waals surface area contributed by atoms with Crippen molar-refractivity contribution in [3.05, 3.63) is 29.3 Å². The second-order valence-electron chi connectivity index (χ2n) is 6.42. The summed E-state index contributed by atoms with van der Waals surface area (Å²) in [4.78, 5) is 1.35. The first kappa shape index (κ1) is 17.5.